The molecule has 2 heteroatoms. The van der Waals surface area contributed by atoms with E-state index in [1.807, 2.05) is 44.2 Å². The summed E-state index contributed by atoms with van der Waals surface area (Å²) in [5.74, 6) is -0.0623. The molecule has 2 aromatic rings. The van der Waals surface area contributed by atoms with Crippen LogP contribution in [0, 0.1) is 0 Å². The van der Waals surface area contributed by atoms with Gasteiger partial charge in [0, 0.05) is 28.7 Å². The Hall–Kier alpha value is -2.48. The third-order valence-electron chi connectivity index (χ3n) is 3.71. The number of fused-ring (bicyclic) bond motifs is 1. The van der Waals surface area contributed by atoms with Gasteiger partial charge in [-0.15, -0.1) is 0 Å². The second kappa shape index (κ2) is 6.99. The van der Waals surface area contributed by atoms with Gasteiger partial charge in [-0.05, 0) is 12.5 Å². The molecule has 2 aromatic carbocycles. The maximum absolute atomic E-state index is 12.6. The number of rotatable bonds is 2. The summed E-state index contributed by atoms with van der Waals surface area (Å²) >= 11 is 0. The molecule has 0 aromatic heterocycles. The third-order valence-corrected chi connectivity index (χ3v) is 3.71. The highest BCUT2D eigenvalue weighted by Crippen LogP contribution is 2.28. The molecule has 1 aliphatic carbocycles. The van der Waals surface area contributed by atoms with Crippen LogP contribution >= 0.6 is 0 Å². The summed E-state index contributed by atoms with van der Waals surface area (Å²) < 4.78 is 0. The van der Waals surface area contributed by atoms with Crippen molar-refractivity contribution >= 4 is 11.6 Å². The summed E-state index contributed by atoms with van der Waals surface area (Å²) in [6.07, 6.45) is 0.506. The van der Waals surface area contributed by atoms with E-state index in [4.69, 9.17) is 0 Å². The molecule has 0 atom stereocenters. The predicted molar refractivity (Wildman–Crippen MR) is 89.3 cm³/mol. The van der Waals surface area contributed by atoms with Gasteiger partial charge in [0.2, 0.25) is 0 Å². The van der Waals surface area contributed by atoms with Crippen LogP contribution in [0.5, 0.6) is 0 Å². The average molecular weight is 292 g/mol. The zero-order valence-electron chi connectivity index (χ0n) is 13.2. The van der Waals surface area contributed by atoms with Crippen molar-refractivity contribution in [3.05, 3.63) is 82.4 Å². The first-order valence-electron chi connectivity index (χ1n) is 7.60. The Balaban J connectivity index is 0.000000847. The van der Waals surface area contributed by atoms with Gasteiger partial charge in [-0.25, -0.2) is 0 Å². The Morgan fingerprint density at radius 1 is 0.727 bits per heavy atom. The van der Waals surface area contributed by atoms with E-state index in [1.165, 1.54) is 0 Å². The molecule has 112 valence electrons. The van der Waals surface area contributed by atoms with Crippen LogP contribution in [0.4, 0.5) is 0 Å². The minimum absolute atomic E-state index is 0.0263. The Bertz CT molecular complexity index is 724. The summed E-state index contributed by atoms with van der Waals surface area (Å²) in [6, 6.07) is 16.8. The molecule has 0 amide bonds. The number of hydrogen-bond acceptors (Lipinski definition) is 2. The van der Waals surface area contributed by atoms with Gasteiger partial charge in [0.05, 0.1) is 0 Å². The minimum atomic E-state index is -0.0360. The molecule has 0 spiro atoms. The normalized spacial score (nSPS) is 13.4. The van der Waals surface area contributed by atoms with E-state index in [0.29, 0.717) is 28.7 Å². The first-order valence-corrected chi connectivity index (χ1v) is 7.60. The zero-order valence-corrected chi connectivity index (χ0v) is 13.2. The summed E-state index contributed by atoms with van der Waals surface area (Å²) in [5, 5.41) is 0. The van der Waals surface area contributed by atoms with Gasteiger partial charge in [0.25, 0.3) is 0 Å². The van der Waals surface area contributed by atoms with Gasteiger partial charge in [-0.3, -0.25) is 9.59 Å². The highest BCUT2D eigenvalue weighted by molar-refractivity contribution is 6.26. The van der Waals surface area contributed by atoms with Gasteiger partial charge in [-0.2, -0.15) is 0 Å². The fourth-order valence-corrected chi connectivity index (χ4v) is 2.56. The van der Waals surface area contributed by atoms with Crippen LogP contribution in [0.15, 0.2) is 65.7 Å². The Labute approximate surface area is 131 Å². The second-order valence-corrected chi connectivity index (χ2v) is 4.97. The van der Waals surface area contributed by atoms with Crippen molar-refractivity contribution in [3.63, 3.8) is 0 Å². The SMILES string of the molecule is CC.CC1=C(Cc2ccccc2)C(=O)c2ccccc2C1=O. The number of Topliss-reactive ketones (excluding diaryl/α,β-unsaturated/α-hetero) is 2. The summed E-state index contributed by atoms with van der Waals surface area (Å²) in [7, 11) is 0. The quantitative estimate of drug-likeness (QED) is 0.807. The van der Waals surface area contributed by atoms with Crippen LogP contribution < -0.4 is 0 Å². The standard InChI is InChI=1S/C18H14O2.C2H6/c1-12-16(11-13-7-3-2-4-8-13)18(20)15-10-6-5-9-14(15)17(12)19;1-2/h2-10H,11H2,1H3;1-2H3. The van der Waals surface area contributed by atoms with E-state index >= 15 is 0 Å². The predicted octanol–water partition coefficient (Wildman–Crippen LogP) is 4.65. The molecule has 22 heavy (non-hydrogen) atoms. The number of ketones is 2. The van der Waals surface area contributed by atoms with E-state index in [2.05, 4.69) is 0 Å². The maximum atomic E-state index is 12.6. The van der Waals surface area contributed by atoms with Gasteiger partial charge >= 0.3 is 0 Å². The van der Waals surface area contributed by atoms with E-state index < -0.39 is 0 Å². The van der Waals surface area contributed by atoms with E-state index in [-0.39, 0.29) is 11.6 Å². The molecule has 0 unspecified atom stereocenters. The van der Waals surface area contributed by atoms with Crippen LogP contribution in [0.3, 0.4) is 0 Å². The molecule has 0 bridgehead atoms. The summed E-state index contributed by atoms with van der Waals surface area (Å²) in [4.78, 5) is 24.9. The van der Waals surface area contributed by atoms with Gasteiger partial charge < -0.3 is 0 Å². The monoisotopic (exact) mass is 292 g/mol. The lowest BCUT2D eigenvalue weighted by Gasteiger charge is -2.19. The average Bonchev–Trinajstić information content (AvgIpc) is 2.59. The largest absolute Gasteiger partial charge is 0.289 e. The molecule has 0 saturated carbocycles. The highest BCUT2D eigenvalue weighted by atomic mass is 16.1. The van der Waals surface area contributed by atoms with Crippen LogP contribution in [0.25, 0.3) is 0 Å². The molecule has 0 aliphatic heterocycles. The fourth-order valence-electron chi connectivity index (χ4n) is 2.56. The first kappa shape index (κ1) is 15.9. The van der Waals surface area contributed by atoms with Crippen molar-refractivity contribution in [1.82, 2.24) is 0 Å². The lowest BCUT2D eigenvalue weighted by atomic mass is 9.82. The number of benzene rings is 2. The molecule has 0 heterocycles. The second-order valence-electron chi connectivity index (χ2n) is 4.97. The Morgan fingerprint density at radius 2 is 1.23 bits per heavy atom. The van der Waals surface area contributed by atoms with Gasteiger partial charge in [0.1, 0.15) is 0 Å². The van der Waals surface area contributed by atoms with Gasteiger partial charge in [-0.1, -0.05) is 68.4 Å². The topological polar surface area (TPSA) is 34.1 Å². The molecule has 1 aliphatic rings. The summed E-state index contributed by atoms with van der Waals surface area (Å²) in [5.41, 5.74) is 3.26. The van der Waals surface area contributed by atoms with Crippen molar-refractivity contribution in [2.75, 3.05) is 0 Å². The van der Waals surface area contributed by atoms with E-state index in [9.17, 15) is 9.59 Å². The smallest absolute Gasteiger partial charge is 0.190 e. The zero-order chi connectivity index (χ0) is 16.1. The maximum Gasteiger partial charge on any atom is 0.190 e. The van der Waals surface area contributed by atoms with Crippen LogP contribution in [0.2, 0.25) is 0 Å². The van der Waals surface area contributed by atoms with Crippen molar-refractivity contribution in [2.24, 2.45) is 0 Å². The highest BCUT2D eigenvalue weighted by Gasteiger charge is 2.29. The Kier molecular flexibility index (Phi) is 5.05. The molecular formula is C20H20O2. The van der Waals surface area contributed by atoms with Crippen LogP contribution in [-0.4, -0.2) is 11.6 Å². The van der Waals surface area contributed by atoms with Crippen molar-refractivity contribution in [2.45, 2.75) is 27.2 Å². The molecule has 0 fully saturated rings. The van der Waals surface area contributed by atoms with Crippen molar-refractivity contribution in [1.29, 1.82) is 0 Å². The lowest BCUT2D eigenvalue weighted by Crippen LogP contribution is -2.22. The molecule has 0 saturated heterocycles. The third kappa shape index (κ3) is 2.91. The Morgan fingerprint density at radius 3 is 1.82 bits per heavy atom. The summed E-state index contributed by atoms with van der Waals surface area (Å²) in [6.45, 7) is 5.74. The fraction of sp³-hybridized carbons (Fsp3) is 0.200. The number of carbonyl (C=O) groups is 2. The first-order chi connectivity index (χ1) is 10.7. The number of allylic oxidation sites excluding steroid dienone is 2. The van der Waals surface area contributed by atoms with Crippen molar-refractivity contribution < 1.29 is 9.59 Å². The molecule has 2 nitrogen and oxygen atoms in total. The van der Waals surface area contributed by atoms with Crippen LogP contribution in [-0.2, 0) is 6.42 Å². The van der Waals surface area contributed by atoms with E-state index in [0.717, 1.165) is 5.56 Å². The lowest BCUT2D eigenvalue weighted by molar-refractivity contribution is 0.0973. The van der Waals surface area contributed by atoms with Crippen molar-refractivity contribution in [3.8, 4) is 0 Å². The van der Waals surface area contributed by atoms with Crippen LogP contribution in [0.1, 0.15) is 47.1 Å². The molecule has 0 radical (unpaired) electrons. The molecular weight excluding hydrogens is 272 g/mol. The minimum Gasteiger partial charge on any atom is -0.289 e. The molecule has 3 rings (SSSR count). The number of carbonyl (C=O) groups excluding carboxylic acids is 2. The number of hydrogen-bond donors (Lipinski definition) is 0. The van der Waals surface area contributed by atoms with Gasteiger partial charge in [0.15, 0.2) is 11.6 Å². The van der Waals surface area contributed by atoms with E-state index in [1.54, 1.807) is 31.2 Å². The molecule has 0 N–H and O–H groups in total.